The largest absolute Gasteiger partial charge is 0.457 e. The molecule has 1 fully saturated rings. The number of aliphatic hydroxyl groups excluding tert-OH is 4. The van der Waals surface area contributed by atoms with E-state index >= 15 is 0 Å². The average Bonchev–Trinajstić information content (AvgIpc) is 3.07. The van der Waals surface area contributed by atoms with E-state index in [4.69, 9.17) is 18.9 Å². The van der Waals surface area contributed by atoms with Gasteiger partial charge >= 0.3 is 5.97 Å². The van der Waals surface area contributed by atoms with Crippen molar-refractivity contribution in [2.45, 2.75) is 185 Å². The highest BCUT2D eigenvalue weighted by molar-refractivity contribution is 5.69. The Kier molecular flexibility index (Phi) is 28.5. The molecule has 276 valence electrons. The first-order chi connectivity index (χ1) is 22.9. The van der Waals surface area contributed by atoms with E-state index in [9.17, 15) is 25.2 Å². The van der Waals surface area contributed by atoms with E-state index in [1.807, 2.05) is 0 Å². The number of aliphatic hydroxyl groups is 4. The van der Waals surface area contributed by atoms with Crippen molar-refractivity contribution in [1.82, 2.24) is 0 Å². The van der Waals surface area contributed by atoms with Gasteiger partial charge in [0.15, 0.2) is 6.29 Å². The van der Waals surface area contributed by atoms with Gasteiger partial charge in [-0.25, -0.2) is 0 Å². The molecular formula is C38H70O9. The zero-order valence-electron chi connectivity index (χ0n) is 29.8. The Hall–Kier alpha value is -1.33. The number of hydrogen-bond acceptors (Lipinski definition) is 9. The molecule has 9 nitrogen and oxygen atoms in total. The summed E-state index contributed by atoms with van der Waals surface area (Å²) in [5.74, 6) is -0.329. The summed E-state index contributed by atoms with van der Waals surface area (Å²) in [4.78, 5) is 12.7. The van der Waals surface area contributed by atoms with E-state index in [2.05, 4.69) is 38.2 Å². The van der Waals surface area contributed by atoms with Crippen LogP contribution in [0.25, 0.3) is 0 Å². The lowest BCUT2D eigenvalue weighted by atomic mass is 9.99. The number of carbonyl (C=O) groups is 1. The molecule has 6 atom stereocenters. The van der Waals surface area contributed by atoms with Crippen LogP contribution in [-0.4, -0.2) is 89.6 Å². The summed E-state index contributed by atoms with van der Waals surface area (Å²) in [5, 5.41) is 39.9. The third-order valence-corrected chi connectivity index (χ3v) is 8.62. The molecule has 1 saturated heterocycles. The lowest BCUT2D eigenvalue weighted by Crippen LogP contribution is -2.59. The molecule has 0 saturated carbocycles. The molecule has 0 aromatic rings. The first-order valence-corrected chi connectivity index (χ1v) is 18.9. The minimum Gasteiger partial charge on any atom is -0.457 e. The van der Waals surface area contributed by atoms with Gasteiger partial charge in [-0.3, -0.25) is 4.79 Å². The smallest absolute Gasteiger partial charge is 0.306 e. The number of rotatable bonds is 31. The molecular weight excluding hydrogens is 600 g/mol. The van der Waals surface area contributed by atoms with Gasteiger partial charge in [-0.15, -0.1) is 0 Å². The second kappa shape index (κ2) is 30.7. The Morgan fingerprint density at radius 1 is 0.681 bits per heavy atom. The standard InChI is InChI=1S/C38H70O9/c1-3-5-7-9-11-13-15-16-17-18-19-21-23-25-27-34(40)46-32(30-44-28-26-24-22-20-14-12-10-8-6-4-2)31-45-38-37(43)36(42)35(41)33(29-39)47-38/h9,11,15-16,32-33,35-39,41-43H,3-8,10,12-14,17-31H2,1-2H3/b11-9-,16-15-. The molecule has 0 aromatic heterocycles. The molecule has 0 amide bonds. The number of unbranched alkanes of at least 4 members (excludes halogenated alkanes) is 16. The summed E-state index contributed by atoms with van der Waals surface area (Å²) in [7, 11) is 0. The highest BCUT2D eigenvalue weighted by Gasteiger charge is 2.44. The van der Waals surface area contributed by atoms with Gasteiger partial charge in [-0.05, 0) is 38.5 Å². The first kappa shape index (κ1) is 43.7. The maximum atomic E-state index is 12.7. The quantitative estimate of drug-likeness (QED) is 0.0347. The van der Waals surface area contributed by atoms with Gasteiger partial charge in [0.2, 0.25) is 0 Å². The minimum atomic E-state index is -1.53. The van der Waals surface area contributed by atoms with Crippen LogP contribution in [0.2, 0.25) is 0 Å². The molecule has 0 aliphatic carbocycles. The number of allylic oxidation sites excluding steroid dienone is 4. The van der Waals surface area contributed by atoms with Crippen molar-refractivity contribution in [2.75, 3.05) is 26.4 Å². The molecule has 0 bridgehead atoms. The predicted octanol–water partition coefficient (Wildman–Crippen LogP) is 7.08. The Bertz CT molecular complexity index is 772. The van der Waals surface area contributed by atoms with E-state index in [-0.39, 0.29) is 19.2 Å². The van der Waals surface area contributed by atoms with Gasteiger partial charge in [-0.2, -0.15) is 0 Å². The maximum absolute atomic E-state index is 12.7. The molecule has 1 aliphatic heterocycles. The molecule has 1 aliphatic rings. The SMILES string of the molecule is CCCC/C=C\C/C=C\CCCCCCCC(=O)OC(COCCCCCCCCCCCC)COC1OC(CO)C(O)C(O)C1O. The fourth-order valence-electron chi connectivity index (χ4n) is 5.57. The van der Waals surface area contributed by atoms with Crippen molar-refractivity contribution in [3.05, 3.63) is 24.3 Å². The number of carbonyl (C=O) groups excluding carboxylic acids is 1. The maximum Gasteiger partial charge on any atom is 0.306 e. The fraction of sp³-hybridized carbons (Fsp3) is 0.868. The zero-order chi connectivity index (χ0) is 34.4. The van der Waals surface area contributed by atoms with Crippen molar-refractivity contribution >= 4 is 5.97 Å². The summed E-state index contributed by atoms with van der Waals surface area (Å²) >= 11 is 0. The van der Waals surface area contributed by atoms with E-state index in [1.54, 1.807) is 0 Å². The lowest BCUT2D eigenvalue weighted by molar-refractivity contribution is -0.305. The Morgan fingerprint density at radius 2 is 1.26 bits per heavy atom. The van der Waals surface area contributed by atoms with Crippen LogP contribution in [0.1, 0.15) is 149 Å². The highest BCUT2D eigenvalue weighted by Crippen LogP contribution is 2.22. The van der Waals surface area contributed by atoms with E-state index < -0.39 is 43.4 Å². The van der Waals surface area contributed by atoms with Crippen molar-refractivity contribution in [3.8, 4) is 0 Å². The van der Waals surface area contributed by atoms with Crippen molar-refractivity contribution < 1.29 is 44.2 Å². The second-order valence-corrected chi connectivity index (χ2v) is 13.0. The second-order valence-electron chi connectivity index (χ2n) is 13.0. The van der Waals surface area contributed by atoms with Crippen molar-refractivity contribution in [3.63, 3.8) is 0 Å². The number of hydrogen-bond donors (Lipinski definition) is 4. The minimum absolute atomic E-state index is 0.117. The molecule has 1 heterocycles. The number of esters is 1. The van der Waals surface area contributed by atoms with Gasteiger partial charge in [0.25, 0.3) is 0 Å². The first-order valence-electron chi connectivity index (χ1n) is 18.9. The Morgan fingerprint density at radius 3 is 1.89 bits per heavy atom. The zero-order valence-corrected chi connectivity index (χ0v) is 29.8. The van der Waals surface area contributed by atoms with Crippen LogP contribution in [0.4, 0.5) is 0 Å². The monoisotopic (exact) mass is 671 g/mol. The van der Waals surface area contributed by atoms with Crippen LogP contribution in [0.3, 0.4) is 0 Å². The molecule has 0 spiro atoms. The van der Waals surface area contributed by atoms with Crippen LogP contribution in [0.15, 0.2) is 24.3 Å². The van der Waals surface area contributed by atoms with Crippen LogP contribution >= 0.6 is 0 Å². The molecule has 0 radical (unpaired) electrons. The van der Waals surface area contributed by atoms with Crippen LogP contribution in [-0.2, 0) is 23.7 Å². The highest BCUT2D eigenvalue weighted by atomic mass is 16.7. The predicted molar refractivity (Wildman–Crippen MR) is 187 cm³/mol. The van der Waals surface area contributed by atoms with E-state index in [1.165, 1.54) is 70.6 Å². The van der Waals surface area contributed by atoms with Gasteiger partial charge in [0, 0.05) is 13.0 Å². The van der Waals surface area contributed by atoms with Crippen LogP contribution in [0, 0.1) is 0 Å². The topological polar surface area (TPSA) is 135 Å². The van der Waals surface area contributed by atoms with Crippen molar-refractivity contribution in [2.24, 2.45) is 0 Å². The normalized spacial score (nSPS) is 22.4. The summed E-state index contributed by atoms with van der Waals surface area (Å²) in [5.41, 5.74) is 0. The van der Waals surface area contributed by atoms with Crippen LogP contribution < -0.4 is 0 Å². The summed E-state index contributed by atoms with van der Waals surface area (Å²) in [6.07, 6.45) is 24.8. The van der Waals surface area contributed by atoms with Gasteiger partial charge in [-0.1, -0.05) is 128 Å². The van der Waals surface area contributed by atoms with Crippen LogP contribution in [0.5, 0.6) is 0 Å². The lowest BCUT2D eigenvalue weighted by Gasteiger charge is -2.39. The molecule has 9 heteroatoms. The third kappa shape index (κ3) is 22.8. The molecule has 0 aromatic carbocycles. The third-order valence-electron chi connectivity index (χ3n) is 8.62. The Balaban J connectivity index is 2.35. The van der Waals surface area contributed by atoms with E-state index in [0.717, 1.165) is 57.8 Å². The van der Waals surface area contributed by atoms with E-state index in [0.29, 0.717) is 13.0 Å². The van der Waals surface area contributed by atoms with Crippen molar-refractivity contribution in [1.29, 1.82) is 0 Å². The summed E-state index contributed by atoms with van der Waals surface area (Å²) in [6, 6.07) is 0. The summed E-state index contributed by atoms with van der Waals surface area (Å²) in [6.45, 7) is 4.48. The van der Waals surface area contributed by atoms with Gasteiger partial charge in [0.1, 0.15) is 30.5 Å². The molecule has 47 heavy (non-hydrogen) atoms. The molecule has 6 unspecified atom stereocenters. The summed E-state index contributed by atoms with van der Waals surface area (Å²) < 4.78 is 22.6. The fourth-order valence-corrected chi connectivity index (χ4v) is 5.57. The van der Waals surface area contributed by atoms with Gasteiger partial charge < -0.3 is 39.4 Å². The Labute approximate surface area is 286 Å². The molecule has 4 N–H and O–H groups in total. The van der Waals surface area contributed by atoms with Gasteiger partial charge in [0.05, 0.1) is 19.8 Å². The molecule has 1 rings (SSSR count). The number of ether oxygens (including phenoxy) is 4. The average molecular weight is 671 g/mol.